The number of hydrogen-bond donors (Lipinski definition) is 0. The van der Waals surface area contributed by atoms with Gasteiger partial charge in [-0.2, -0.15) is 4.31 Å². The number of ether oxygens (including phenoxy) is 1. The van der Waals surface area contributed by atoms with Crippen LogP contribution >= 0.6 is 15.9 Å². The molecule has 2 fully saturated rings. The van der Waals surface area contributed by atoms with Crippen molar-refractivity contribution < 1.29 is 13.2 Å². The van der Waals surface area contributed by atoms with Crippen molar-refractivity contribution in [3.05, 3.63) is 28.7 Å². The number of hydrogen-bond acceptors (Lipinski definition) is 4. The minimum Gasteiger partial charge on any atom is -0.377 e. The van der Waals surface area contributed by atoms with Gasteiger partial charge in [0.15, 0.2) is 0 Å². The van der Waals surface area contributed by atoms with Gasteiger partial charge in [0, 0.05) is 43.8 Å². The van der Waals surface area contributed by atoms with E-state index in [1.807, 2.05) is 6.07 Å². The van der Waals surface area contributed by atoms with Crippen LogP contribution in [0.15, 0.2) is 33.6 Å². The van der Waals surface area contributed by atoms with Crippen molar-refractivity contribution in [2.24, 2.45) is 0 Å². The monoisotopic (exact) mass is 388 g/mol. The second-order valence-electron chi connectivity index (χ2n) is 5.77. The summed E-state index contributed by atoms with van der Waals surface area (Å²) in [7, 11) is -3.41. The van der Waals surface area contributed by atoms with E-state index in [0.717, 1.165) is 39.1 Å². The number of benzene rings is 1. The van der Waals surface area contributed by atoms with E-state index in [-0.39, 0.29) is 0 Å². The molecule has 1 aromatic rings. The zero-order valence-corrected chi connectivity index (χ0v) is 14.9. The molecule has 1 aromatic carbocycles. The largest absolute Gasteiger partial charge is 0.377 e. The van der Waals surface area contributed by atoms with Gasteiger partial charge in [-0.25, -0.2) is 8.42 Å². The second kappa shape index (κ2) is 6.97. The number of rotatable bonds is 4. The predicted molar refractivity (Wildman–Crippen MR) is 88.3 cm³/mol. The summed E-state index contributed by atoms with van der Waals surface area (Å²) in [6.45, 7) is 4.39. The lowest BCUT2D eigenvalue weighted by Gasteiger charge is -2.35. The maximum atomic E-state index is 12.7. The van der Waals surface area contributed by atoms with Gasteiger partial charge in [0.2, 0.25) is 10.0 Å². The predicted octanol–water partition coefficient (Wildman–Crippen LogP) is 1.93. The van der Waals surface area contributed by atoms with Gasteiger partial charge < -0.3 is 4.74 Å². The molecule has 3 rings (SSSR count). The molecule has 2 aliphatic heterocycles. The first-order valence-corrected chi connectivity index (χ1v) is 9.89. The van der Waals surface area contributed by atoms with Crippen LogP contribution in [0.4, 0.5) is 0 Å². The first-order valence-electron chi connectivity index (χ1n) is 7.66. The van der Waals surface area contributed by atoms with E-state index in [1.54, 1.807) is 22.5 Å². The SMILES string of the molecule is O=S(=O)(c1ccccc1Br)N1CCN(CC2CCCO2)CC1. The third-order valence-electron chi connectivity index (χ3n) is 4.27. The minimum atomic E-state index is -3.41. The van der Waals surface area contributed by atoms with Gasteiger partial charge >= 0.3 is 0 Å². The van der Waals surface area contributed by atoms with Crippen molar-refractivity contribution in [3.8, 4) is 0 Å². The van der Waals surface area contributed by atoms with Gasteiger partial charge in [-0.15, -0.1) is 0 Å². The van der Waals surface area contributed by atoms with Crippen molar-refractivity contribution in [3.63, 3.8) is 0 Å². The van der Waals surface area contributed by atoms with Gasteiger partial charge in [0.1, 0.15) is 0 Å². The van der Waals surface area contributed by atoms with Gasteiger partial charge in [0.05, 0.1) is 11.0 Å². The van der Waals surface area contributed by atoms with Crippen LogP contribution in [-0.2, 0) is 14.8 Å². The summed E-state index contributed by atoms with van der Waals surface area (Å²) >= 11 is 3.34. The normalized spacial score (nSPS) is 24.7. The molecule has 0 N–H and O–H groups in total. The average Bonchev–Trinajstić information content (AvgIpc) is 3.01. The zero-order chi connectivity index (χ0) is 15.6. The fraction of sp³-hybridized carbons (Fsp3) is 0.600. The molecule has 2 heterocycles. The molecule has 122 valence electrons. The van der Waals surface area contributed by atoms with Crippen molar-refractivity contribution in [2.75, 3.05) is 39.3 Å². The molecule has 1 atom stereocenters. The third-order valence-corrected chi connectivity index (χ3v) is 7.18. The van der Waals surface area contributed by atoms with Crippen molar-refractivity contribution in [1.29, 1.82) is 0 Å². The number of nitrogens with zero attached hydrogens (tertiary/aromatic N) is 2. The van der Waals surface area contributed by atoms with Crippen molar-refractivity contribution in [1.82, 2.24) is 9.21 Å². The van der Waals surface area contributed by atoms with E-state index >= 15 is 0 Å². The van der Waals surface area contributed by atoms with Crippen LogP contribution in [0.5, 0.6) is 0 Å². The van der Waals surface area contributed by atoms with Crippen molar-refractivity contribution in [2.45, 2.75) is 23.8 Å². The van der Waals surface area contributed by atoms with E-state index in [0.29, 0.717) is 28.6 Å². The lowest BCUT2D eigenvalue weighted by atomic mass is 10.2. The second-order valence-corrected chi connectivity index (χ2v) is 8.53. The van der Waals surface area contributed by atoms with Crippen LogP contribution in [-0.4, -0.2) is 63.1 Å². The van der Waals surface area contributed by atoms with Gasteiger partial charge in [-0.05, 0) is 40.9 Å². The van der Waals surface area contributed by atoms with Crippen LogP contribution in [0.2, 0.25) is 0 Å². The van der Waals surface area contributed by atoms with E-state index in [9.17, 15) is 8.42 Å². The Morgan fingerprint density at radius 3 is 2.55 bits per heavy atom. The average molecular weight is 389 g/mol. The highest BCUT2D eigenvalue weighted by Gasteiger charge is 2.30. The van der Waals surface area contributed by atoms with Crippen molar-refractivity contribution >= 4 is 26.0 Å². The van der Waals surface area contributed by atoms with Gasteiger partial charge in [-0.1, -0.05) is 12.1 Å². The number of sulfonamides is 1. The Kier molecular flexibility index (Phi) is 5.19. The summed E-state index contributed by atoms with van der Waals surface area (Å²) in [4.78, 5) is 2.66. The van der Waals surface area contributed by atoms with E-state index in [1.165, 1.54) is 0 Å². The lowest BCUT2D eigenvalue weighted by molar-refractivity contribution is 0.0617. The summed E-state index contributed by atoms with van der Waals surface area (Å²) in [6.07, 6.45) is 2.59. The summed E-state index contributed by atoms with van der Waals surface area (Å²) in [6, 6.07) is 6.99. The van der Waals surface area contributed by atoms with Crippen LogP contribution in [0.1, 0.15) is 12.8 Å². The lowest BCUT2D eigenvalue weighted by Crippen LogP contribution is -2.50. The highest BCUT2D eigenvalue weighted by Crippen LogP contribution is 2.25. The highest BCUT2D eigenvalue weighted by atomic mass is 79.9. The first-order chi connectivity index (χ1) is 10.6. The number of halogens is 1. The summed E-state index contributed by atoms with van der Waals surface area (Å²) in [5.41, 5.74) is 0. The maximum absolute atomic E-state index is 12.7. The molecule has 0 spiro atoms. The topological polar surface area (TPSA) is 49.9 Å². The van der Waals surface area contributed by atoms with Crippen LogP contribution in [0.25, 0.3) is 0 Å². The van der Waals surface area contributed by atoms with Crippen LogP contribution < -0.4 is 0 Å². The Bertz CT molecular complexity index is 609. The molecule has 2 saturated heterocycles. The van der Waals surface area contributed by atoms with Gasteiger partial charge in [-0.3, -0.25) is 4.90 Å². The summed E-state index contributed by atoms with van der Waals surface area (Å²) < 4.78 is 33.3. The minimum absolute atomic E-state index is 0.325. The molecule has 0 saturated carbocycles. The van der Waals surface area contributed by atoms with Crippen LogP contribution in [0.3, 0.4) is 0 Å². The third kappa shape index (κ3) is 3.54. The molecule has 0 radical (unpaired) electrons. The van der Waals surface area contributed by atoms with Gasteiger partial charge in [0.25, 0.3) is 0 Å². The molecule has 0 amide bonds. The molecule has 7 heteroatoms. The van der Waals surface area contributed by atoms with E-state index in [4.69, 9.17) is 4.74 Å². The fourth-order valence-corrected chi connectivity index (χ4v) is 5.41. The van der Waals surface area contributed by atoms with E-state index < -0.39 is 10.0 Å². The molecular weight excluding hydrogens is 368 g/mol. The zero-order valence-electron chi connectivity index (χ0n) is 12.4. The quantitative estimate of drug-likeness (QED) is 0.790. The smallest absolute Gasteiger partial charge is 0.244 e. The molecule has 0 aliphatic carbocycles. The Labute approximate surface area is 140 Å². The first kappa shape index (κ1) is 16.4. The summed E-state index contributed by atoms with van der Waals surface area (Å²) in [5, 5.41) is 0. The molecule has 1 unspecified atom stereocenters. The van der Waals surface area contributed by atoms with E-state index in [2.05, 4.69) is 20.8 Å². The maximum Gasteiger partial charge on any atom is 0.244 e. The highest BCUT2D eigenvalue weighted by molar-refractivity contribution is 9.10. The Morgan fingerprint density at radius 2 is 1.91 bits per heavy atom. The molecule has 22 heavy (non-hydrogen) atoms. The van der Waals surface area contributed by atoms with Crippen LogP contribution in [0, 0.1) is 0 Å². The Balaban J connectivity index is 1.62. The fourth-order valence-electron chi connectivity index (χ4n) is 3.02. The standard InChI is InChI=1S/C15H21BrN2O3S/c16-14-5-1-2-6-15(14)22(19,20)18-9-7-17(8-10-18)12-13-4-3-11-21-13/h1-2,5-6,13H,3-4,7-12H2. The number of piperazine rings is 1. The molecule has 2 aliphatic rings. The molecule has 5 nitrogen and oxygen atoms in total. The Morgan fingerprint density at radius 1 is 1.18 bits per heavy atom. The summed E-state index contributed by atoms with van der Waals surface area (Å²) in [5.74, 6) is 0. The molecule has 0 bridgehead atoms. The molecular formula is C15H21BrN2O3S. The molecule has 0 aromatic heterocycles. The Hall–Kier alpha value is -0.470.